The number of hydrogen-bond donors (Lipinski definition) is 2. The van der Waals surface area contributed by atoms with Gasteiger partial charge in [0.05, 0.1) is 23.8 Å². The molecule has 0 aromatic heterocycles. The Morgan fingerprint density at radius 1 is 1.56 bits per heavy atom. The van der Waals surface area contributed by atoms with Crippen LogP contribution in [0.4, 0.5) is 0 Å². The summed E-state index contributed by atoms with van der Waals surface area (Å²) in [6.07, 6.45) is 5.42. The van der Waals surface area contributed by atoms with E-state index in [0.717, 1.165) is 32.1 Å². The molecule has 3 N–H and O–H groups in total. The molecule has 0 aromatic rings. The van der Waals surface area contributed by atoms with Crippen molar-refractivity contribution in [1.82, 2.24) is 5.32 Å². The minimum absolute atomic E-state index is 0.0319. The van der Waals surface area contributed by atoms with Gasteiger partial charge in [0.25, 0.3) is 0 Å². The summed E-state index contributed by atoms with van der Waals surface area (Å²) in [5, 5.41) is 3.05. The van der Waals surface area contributed by atoms with E-state index in [2.05, 4.69) is 5.32 Å². The van der Waals surface area contributed by atoms with E-state index in [4.69, 9.17) is 10.5 Å². The van der Waals surface area contributed by atoms with Gasteiger partial charge in [0.15, 0.2) is 0 Å². The summed E-state index contributed by atoms with van der Waals surface area (Å²) in [5.74, 6) is -0.0319. The molecule has 4 atom stereocenters. The first-order chi connectivity index (χ1) is 7.53. The molecule has 2 aliphatic heterocycles. The van der Waals surface area contributed by atoms with E-state index in [-0.39, 0.29) is 18.1 Å². The molecule has 2 bridgehead atoms. The maximum atomic E-state index is 12.0. The molecule has 1 amide bonds. The van der Waals surface area contributed by atoms with Crippen molar-refractivity contribution in [3.8, 4) is 0 Å². The quantitative estimate of drug-likeness (QED) is 0.750. The Bertz CT molecular complexity index is 278. The number of nitrogens with two attached hydrogens (primary N) is 1. The van der Waals surface area contributed by atoms with Crippen molar-refractivity contribution in [1.29, 1.82) is 0 Å². The van der Waals surface area contributed by atoms with Gasteiger partial charge < -0.3 is 15.8 Å². The third-order valence-electron chi connectivity index (χ3n) is 3.71. The number of rotatable bonds is 4. The number of hydrogen-bond acceptors (Lipinski definition) is 3. The van der Waals surface area contributed by atoms with Crippen LogP contribution in [0.3, 0.4) is 0 Å². The number of ether oxygens (including phenoxy) is 1. The molecule has 0 radical (unpaired) electrons. The Hall–Kier alpha value is -0.610. The third-order valence-corrected chi connectivity index (χ3v) is 3.71. The third kappa shape index (κ3) is 2.23. The Morgan fingerprint density at radius 3 is 2.81 bits per heavy atom. The summed E-state index contributed by atoms with van der Waals surface area (Å²) in [7, 11) is 0. The maximum Gasteiger partial charge on any atom is 0.240 e. The molecule has 2 rings (SSSR count). The summed E-state index contributed by atoms with van der Waals surface area (Å²) >= 11 is 0. The fourth-order valence-electron chi connectivity index (χ4n) is 2.76. The minimum Gasteiger partial charge on any atom is -0.373 e. The average Bonchev–Trinajstić information content (AvgIpc) is 2.78. The van der Waals surface area contributed by atoms with E-state index >= 15 is 0 Å². The summed E-state index contributed by atoms with van der Waals surface area (Å²) in [4.78, 5) is 12.0. The topological polar surface area (TPSA) is 64.4 Å². The Morgan fingerprint density at radius 2 is 2.31 bits per heavy atom. The monoisotopic (exact) mass is 226 g/mol. The van der Waals surface area contributed by atoms with Crippen LogP contribution in [0, 0.1) is 0 Å². The molecule has 0 aliphatic carbocycles. The van der Waals surface area contributed by atoms with E-state index < -0.39 is 5.54 Å². The van der Waals surface area contributed by atoms with Crippen molar-refractivity contribution >= 4 is 5.91 Å². The highest BCUT2D eigenvalue weighted by atomic mass is 16.5. The smallest absolute Gasteiger partial charge is 0.240 e. The van der Waals surface area contributed by atoms with Crippen LogP contribution in [-0.2, 0) is 9.53 Å². The molecule has 92 valence electrons. The normalized spacial score (nSPS) is 36.1. The number of carbonyl (C=O) groups excluding carboxylic acids is 1. The van der Waals surface area contributed by atoms with Crippen molar-refractivity contribution in [2.75, 3.05) is 0 Å². The Kier molecular flexibility index (Phi) is 3.22. The summed E-state index contributed by atoms with van der Waals surface area (Å²) in [6.45, 7) is 3.85. The predicted octanol–water partition coefficient (Wildman–Crippen LogP) is 0.940. The molecule has 0 saturated carbocycles. The standard InChI is InChI=1S/C12H22N2O2/c1-3-6-12(2,13)11(15)14-9-7-8-4-5-10(9)16-8/h8-10H,3-7,13H2,1-2H3,(H,14,15). The summed E-state index contributed by atoms with van der Waals surface area (Å²) in [5.41, 5.74) is 5.25. The van der Waals surface area contributed by atoms with E-state index in [9.17, 15) is 4.79 Å². The molecule has 16 heavy (non-hydrogen) atoms. The van der Waals surface area contributed by atoms with Crippen LogP contribution in [-0.4, -0.2) is 29.7 Å². The van der Waals surface area contributed by atoms with Gasteiger partial charge in [-0.3, -0.25) is 4.79 Å². The molecule has 0 spiro atoms. The molecular formula is C12H22N2O2. The highest BCUT2D eigenvalue weighted by Gasteiger charge is 2.42. The fraction of sp³-hybridized carbons (Fsp3) is 0.917. The molecular weight excluding hydrogens is 204 g/mol. The van der Waals surface area contributed by atoms with Gasteiger partial charge in [-0.25, -0.2) is 0 Å². The summed E-state index contributed by atoms with van der Waals surface area (Å²) in [6, 6.07) is 0.186. The highest BCUT2D eigenvalue weighted by Crippen LogP contribution is 2.34. The zero-order valence-corrected chi connectivity index (χ0v) is 10.2. The van der Waals surface area contributed by atoms with E-state index in [0.29, 0.717) is 6.10 Å². The van der Waals surface area contributed by atoms with E-state index in [1.54, 1.807) is 6.92 Å². The van der Waals surface area contributed by atoms with Gasteiger partial charge in [-0.15, -0.1) is 0 Å². The second-order valence-electron chi connectivity index (χ2n) is 5.36. The van der Waals surface area contributed by atoms with Crippen molar-refractivity contribution in [2.24, 2.45) is 5.73 Å². The zero-order chi connectivity index (χ0) is 11.8. The van der Waals surface area contributed by atoms with Crippen molar-refractivity contribution in [3.05, 3.63) is 0 Å². The lowest BCUT2D eigenvalue weighted by atomic mass is 9.92. The van der Waals surface area contributed by atoms with Crippen molar-refractivity contribution < 1.29 is 9.53 Å². The Labute approximate surface area is 96.9 Å². The molecule has 2 heterocycles. The molecule has 2 fully saturated rings. The van der Waals surface area contributed by atoms with Gasteiger partial charge in [-0.05, 0) is 32.6 Å². The molecule has 4 nitrogen and oxygen atoms in total. The first-order valence-electron chi connectivity index (χ1n) is 6.28. The second kappa shape index (κ2) is 4.34. The fourth-order valence-corrected chi connectivity index (χ4v) is 2.76. The van der Waals surface area contributed by atoms with Gasteiger partial charge in [-0.2, -0.15) is 0 Å². The van der Waals surface area contributed by atoms with Gasteiger partial charge in [0.1, 0.15) is 0 Å². The average molecular weight is 226 g/mol. The Balaban J connectivity index is 1.88. The second-order valence-corrected chi connectivity index (χ2v) is 5.36. The van der Waals surface area contributed by atoms with Crippen LogP contribution < -0.4 is 11.1 Å². The minimum atomic E-state index is -0.740. The molecule has 2 aliphatic rings. The molecule has 2 saturated heterocycles. The zero-order valence-electron chi connectivity index (χ0n) is 10.2. The number of carbonyl (C=O) groups is 1. The molecule has 4 unspecified atom stereocenters. The van der Waals surface area contributed by atoms with Crippen LogP contribution in [0.15, 0.2) is 0 Å². The first-order valence-corrected chi connectivity index (χ1v) is 6.28. The predicted molar refractivity (Wildman–Crippen MR) is 61.9 cm³/mol. The largest absolute Gasteiger partial charge is 0.373 e. The van der Waals surface area contributed by atoms with Crippen LogP contribution in [0.1, 0.15) is 46.0 Å². The van der Waals surface area contributed by atoms with Crippen LogP contribution in [0.2, 0.25) is 0 Å². The lowest BCUT2D eigenvalue weighted by Crippen LogP contribution is -2.55. The van der Waals surface area contributed by atoms with Crippen LogP contribution in [0.5, 0.6) is 0 Å². The van der Waals surface area contributed by atoms with Crippen LogP contribution >= 0.6 is 0 Å². The van der Waals surface area contributed by atoms with Gasteiger partial charge in [-0.1, -0.05) is 13.3 Å². The van der Waals surface area contributed by atoms with Gasteiger partial charge in [0.2, 0.25) is 5.91 Å². The number of nitrogens with one attached hydrogen (secondary N) is 1. The molecule has 4 heteroatoms. The van der Waals surface area contributed by atoms with E-state index in [1.807, 2.05) is 6.92 Å². The lowest BCUT2D eigenvalue weighted by Gasteiger charge is -2.27. The first kappa shape index (κ1) is 11.9. The van der Waals surface area contributed by atoms with Gasteiger partial charge in [0, 0.05) is 0 Å². The lowest BCUT2D eigenvalue weighted by molar-refractivity contribution is -0.127. The van der Waals surface area contributed by atoms with Crippen molar-refractivity contribution in [3.63, 3.8) is 0 Å². The SMILES string of the molecule is CCCC(C)(N)C(=O)NC1CC2CCC1O2. The number of amides is 1. The highest BCUT2D eigenvalue weighted by molar-refractivity contribution is 5.85. The summed E-state index contributed by atoms with van der Waals surface area (Å²) < 4.78 is 5.70. The molecule has 0 aromatic carbocycles. The number of fused-ring (bicyclic) bond motifs is 2. The van der Waals surface area contributed by atoms with Gasteiger partial charge >= 0.3 is 0 Å². The van der Waals surface area contributed by atoms with E-state index in [1.165, 1.54) is 0 Å². The maximum absolute atomic E-state index is 12.0. The van der Waals surface area contributed by atoms with Crippen LogP contribution in [0.25, 0.3) is 0 Å². The van der Waals surface area contributed by atoms with Crippen molar-refractivity contribution in [2.45, 2.75) is 69.7 Å².